The molecule has 9 heteroatoms. The number of nitrogens with one attached hydrogen (secondary N) is 2. The van der Waals surface area contributed by atoms with Crippen molar-refractivity contribution < 1.29 is 14.3 Å². The highest BCUT2D eigenvalue weighted by Crippen LogP contribution is 2.23. The molecule has 4 aromatic rings. The molecule has 0 bridgehead atoms. The van der Waals surface area contributed by atoms with Crippen LogP contribution >= 0.6 is 11.8 Å². The summed E-state index contributed by atoms with van der Waals surface area (Å²) in [4.78, 5) is 24.9. The Balaban J connectivity index is 1.42. The van der Waals surface area contributed by atoms with Crippen LogP contribution in [0.4, 0.5) is 5.69 Å². The van der Waals surface area contributed by atoms with Crippen LogP contribution in [0.25, 0.3) is 5.69 Å². The fourth-order valence-electron chi connectivity index (χ4n) is 3.37. The number of carbonyl (C=O) groups excluding carboxylic acids is 2. The molecule has 4 rings (SSSR count). The van der Waals surface area contributed by atoms with E-state index in [9.17, 15) is 9.59 Å². The summed E-state index contributed by atoms with van der Waals surface area (Å²) >= 11 is 1.27. The standard InChI is InChI=1S/C26H25N5O3S/c1-34-22-14-12-20(13-15-22)28-25(33)18-35-26-30-29-23(31(26)21-10-6-3-7-11-21)17-27-24(32)16-19-8-4-2-5-9-19/h2-15H,16-18H2,1H3,(H,27,32)(H,28,33). The summed E-state index contributed by atoms with van der Waals surface area (Å²) in [6, 6.07) is 26.3. The molecule has 8 nitrogen and oxygen atoms in total. The summed E-state index contributed by atoms with van der Waals surface area (Å²) in [6.07, 6.45) is 0.285. The minimum Gasteiger partial charge on any atom is -0.497 e. The van der Waals surface area contributed by atoms with E-state index in [1.165, 1.54) is 11.8 Å². The summed E-state index contributed by atoms with van der Waals surface area (Å²) in [5, 5.41) is 14.9. The van der Waals surface area contributed by atoms with Gasteiger partial charge in [-0.2, -0.15) is 0 Å². The van der Waals surface area contributed by atoms with E-state index in [-0.39, 0.29) is 30.5 Å². The fourth-order valence-corrected chi connectivity index (χ4v) is 4.14. The lowest BCUT2D eigenvalue weighted by atomic mass is 10.1. The van der Waals surface area contributed by atoms with Gasteiger partial charge in [0, 0.05) is 11.4 Å². The lowest BCUT2D eigenvalue weighted by Crippen LogP contribution is -2.26. The number of nitrogens with zero attached hydrogens (tertiary/aromatic N) is 3. The molecule has 1 heterocycles. The first-order chi connectivity index (χ1) is 17.1. The lowest BCUT2D eigenvalue weighted by molar-refractivity contribution is -0.120. The monoisotopic (exact) mass is 487 g/mol. The maximum absolute atomic E-state index is 12.5. The molecule has 0 atom stereocenters. The second-order valence-corrected chi connectivity index (χ2v) is 8.52. The van der Waals surface area contributed by atoms with Crippen molar-refractivity contribution in [1.29, 1.82) is 0 Å². The van der Waals surface area contributed by atoms with Crippen LogP contribution in [0.1, 0.15) is 11.4 Å². The van der Waals surface area contributed by atoms with Crippen molar-refractivity contribution in [3.05, 3.63) is 96.3 Å². The zero-order valence-corrected chi connectivity index (χ0v) is 20.0. The van der Waals surface area contributed by atoms with Crippen LogP contribution < -0.4 is 15.4 Å². The van der Waals surface area contributed by atoms with Gasteiger partial charge in [0.15, 0.2) is 11.0 Å². The summed E-state index contributed by atoms with van der Waals surface area (Å²) in [6.45, 7) is 0.214. The molecule has 0 radical (unpaired) electrons. The van der Waals surface area contributed by atoms with Crippen molar-refractivity contribution in [3.8, 4) is 11.4 Å². The lowest BCUT2D eigenvalue weighted by Gasteiger charge is -2.11. The molecule has 178 valence electrons. The number of rotatable bonds is 10. The van der Waals surface area contributed by atoms with Crippen LogP contribution in [-0.2, 0) is 22.6 Å². The Labute approximate surface area is 207 Å². The predicted molar refractivity (Wildman–Crippen MR) is 136 cm³/mol. The Morgan fingerprint density at radius 1 is 0.886 bits per heavy atom. The Hall–Kier alpha value is -4.11. The summed E-state index contributed by atoms with van der Waals surface area (Å²) in [5.41, 5.74) is 2.47. The molecule has 3 aromatic carbocycles. The van der Waals surface area contributed by atoms with Gasteiger partial charge in [0.2, 0.25) is 11.8 Å². The number of para-hydroxylation sites is 1. The summed E-state index contributed by atoms with van der Waals surface area (Å²) in [7, 11) is 1.59. The van der Waals surface area contributed by atoms with Crippen LogP contribution in [0.15, 0.2) is 90.1 Å². The second-order valence-electron chi connectivity index (χ2n) is 7.57. The highest BCUT2D eigenvalue weighted by Gasteiger charge is 2.17. The molecular formula is C26H25N5O3S. The molecule has 0 aliphatic carbocycles. The number of ether oxygens (including phenoxy) is 1. The fraction of sp³-hybridized carbons (Fsp3) is 0.154. The molecule has 0 saturated heterocycles. The minimum absolute atomic E-state index is 0.105. The highest BCUT2D eigenvalue weighted by molar-refractivity contribution is 7.99. The van der Waals surface area contributed by atoms with Crippen molar-refractivity contribution in [2.75, 3.05) is 18.2 Å². The van der Waals surface area contributed by atoms with Crippen LogP contribution in [0.3, 0.4) is 0 Å². The van der Waals surface area contributed by atoms with Gasteiger partial charge in [0.1, 0.15) is 5.75 Å². The third-order valence-electron chi connectivity index (χ3n) is 5.07. The van der Waals surface area contributed by atoms with Gasteiger partial charge >= 0.3 is 0 Å². The molecule has 0 fully saturated rings. The van der Waals surface area contributed by atoms with Crippen LogP contribution in [0.5, 0.6) is 5.75 Å². The number of aromatic nitrogens is 3. The smallest absolute Gasteiger partial charge is 0.234 e. The predicted octanol–water partition coefficient (Wildman–Crippen LogP) is 3.87. The van der Waals surface area contributed by atoms with Gasteiger partial charge in [-0.1, -0.05) is 60.3 Å². The van der Waals surface area contributed by atoms with Gasteiger partial charge in [-0.25, -0.2) is 0 Å². The molecule has 2 N–H and O–H groups in total. The third-order valence-corrected chi connectivity index (χ3v) is 6.00. The van der Waals surface area contributed by atoms with Crippen molar-refractivity contribution >= 4 is 29.3 Å². The van der Waals surface area contributed by atoms with Gasteiger partial charge in [0.05, 0.1) is 25.8 Å². The Bertz CT molecular complexity index is 1260. The molecule has 2 amide bonds. The Kier molecular flexibility index (Phi) is 8.13. The van der Waals surface area contributed by atoms with Crippen molar-refractivity contribution in [2.45, 2.75) is 18.1 Å². The second kappa shape index (κ2) is 11.8. The molecule has 0 aliphatic rings. The first-order valence-electron chi connectivity index (χ1n) is 11.0. The number of anilines is 1. The molecule has 0 spiro atoms. The average molecular weight is 488 g/mol. The molecule has 35 heavy (non-hydrogen) atoms. The topological polar surface area (TPSA) is 98.1 Å². The number of hydrogen-bond donors (Lipinski definition) is 2. The van der Waals surface area contributed by atoms with Gasteiger partial charge in [-0.15, -0.1) is 10.2 Å². The van der Waals surface area contributed by atoms with Gasteiger partial charge in [0.25, 0.3) is 0 Å². The van der Waals surface area contributed by atoms with Crippen LogP contribution in [0, 0.1) is 0 Å². The van der Waals surface area contributed by atoms with E-state index >= 15 is 0 Å². The number of benzene rings is 3. The number of methoxy groups -OCH3 is 1. The van der Waals surface area contributed by atoms with Crippen LogP contribution in [-0.4, -0.2) is 39.4 Å². The van der Waals surface area contributed by atoms with E-state index in [1.54, 1.807) is 31.4 Å². The quantitative estimate of drug-likeness (QED) is 0.330. The van der Waals surface area contributed by atoms with Crippen molar-refractivity contribution in [3.63, 3.8) is 0 Å². The molecule has 0 unspecified atom stereocenters. The zero-order valence-electron chi connectivity index (χ0n) is 19.2. The first kappa shape index (κ1) is 24.0. The van der Waals surface area contributed by atoms with E-state index in [2.05, 4.69) is 20.8 Å². The number of thioether (sulfide) groups is 1. The van der Waals surface area contributed by atoms with Gasteiger partial charge in [-0.05, 0) is 42.0 Å². The molecule has 1 aromatic heterocycles. The zero-order chi connectivity index (χ0) is 24.5. The average Bonchev–Trinajstić information content (AvgIpc) is 3.30. The van der Waals surface area contributed by atoms with E-state index < -0.39 is 0 Å². The van der Waals surface area contributed by atoms with E-state index in [1.807, 2.05) is 65.2 Å². The molecule has 0 aliphatic heterocycles. The number of carbonyl (C=O) groups is 2. The Morgan fingerprint density at radius 3 is 2.26 bits per heavy atom. The van der Waals surface area contributed by atoms with Gasteiger partial charge < -0.3 is 15.4 Å². The summed E-state index contributed by atoms with van der Waals surface area (Å²) in [5.74, 6) is 1.18. The number of amides is 2. The first-order valence-corrected chi connectivity index (χ1v) is 12.0. The summed E-state index contributed by atoms with van der Waals surface area (Å²) < 4.78 is 7.00. The molecule has 0 saturated carbocycles. The largest absolute Gasteiger partial charge is 0.497 e. The molecular weight excluding hydrogens is 462 g/mol. The maximum Gasteiger partial charge on any atom is 0.234 e. The van der Waals surface area contributed by atoms with Crippen LogP contribution in [0.2, 0.25) is 0 Å². The van der Waals surface area contributed by atoms with Crippen molar-refractivity contribution in [2.24, 2.45) is 0 Å². The number of hydrogen-bond acceptors (Lipinski definition) is 6. The Morgan fingerprint density at radius 2 is 1.57 bits per heavy atom. The van der Waals surface area contributed by atoms with E-state index in [0.29, 0.717) is 16.7 Å². The van der Waals surface area contributed by atoms with Crippen molar-refractivity contribution in [1.82, 2.24) is 20.1 Å². The third kappa shape index (κ3) is 6.70. The van der Waals surface area contributed by atoms with E-state index in [0.717, 1.165) is 17.0 Å². The van der Waals surface area contributed by atoms with E-state index in [4.69, 9.17) is 4.74 Å². The minimum atomic E-state index is -0.166. The SMILES string of the molecule is COc1ccc(NC(=O)CSc2nnc(CNC(=O)Cc3ccccc3)n2-c2ccccc2)cc1. The van der Waals surface area contributed by atoms with Gasteiger partial charge in [-0.3, -0.25) is 14.2 Å². The highest BCUT2D eigenvalue weighted by atomic mass is 32.2. The normalized spacial score (nSPS) is 10.5. The maximum atomic E-state index is 12.5.